The van der Waals surface area contributed by atoms with Gasteiger partial charge in [0.1, 0.15) is 0 Å². The third-order valence-electron chi connectivity index (χ3n) is 2.70. The first-order chi connectivity index (χ1) is 10.00. The van der Waals surface area contributed by atoms with Gasteiger partial charge in [0.05, 0.1) is 18.0 Å². The van der Waals surface area contributed by atoms with Gasteiger partial charge in [-0.2, -0.15) is 0 Å². The minimum absolute atomic E-state index is 0.100. The van der Waals surface area contributed by atoms with Crippen LogP contribution in [-0.4, -0.2) is 15.0 Å². The molecule has 0 bridgehead atoms. The van der Waals surface area contributed by atoms with Gasteiger partial charge in [-0.3, -0.25) is 4.72 Å². The van der Waals surface area contributed by atoms with E-state index >= 15 is 0 Å². The van der Waals surface area contributed by atoms with Gasteiger partial charge in [-0.05, 0) is 24.6 Å². The Morgan fingerprint density at radius 2 is 1.86 bits per heavy atom. The number of anilines is 1. The lowest BCUT2D eigenvalue weighted by Crippen LogP contribution is -2.15. The molecule has 2 aromatic carbocycles. The molecule has 0 saturated carbocycles. The largest absolute Gasteiger partial charge is 0.491 e. The summed E-state index contributed by atoms with van der Waals surface area (Å²) in [6.07, 6.45) is 0. The van der Waals surface area contributed by atoms with Gasteiger partial charge >= 0.3 is 0 Å². The second-order valence-electron chi connectivity index (χ2n) is 4.42. The van der Waals surface area contributed by atoms with Gasteiger partial charge in [0, 0.05) is 6.07 Å². The maximum Gasteiger partial charge on any atom is 0.236 e. The molecule has 21 heavy (non-hydrogen) atoms. The van der Waals surface area contributed by atoms with Crippen LogP contribution in [0.25, 0.3) is 0 Å². The van der Waals surface area contributed by atoms with E-state index in [2.05, 4.69) is 4.72 Å². The SMILES string of the molecule is CCOc1ccc(NS(=O)(=O)Cc2ccccc2)cc1F. The van der Waals surface area contributed by atoms with Crippen molar-refractivity contribution in [1.29, 1.82) is 0 Å². The summed E-state index contributed by atoms with van der Waals surface area (Å²) in [7, 11) is -3.59. The van der Waals surface area contributed by atoms with Crippen molar-refractivity contribution in [3.8, 4) is 5.75 Å². The Labute approximate surface area is 123 Å². The molecule has 0 heterocycles. The van der Waals surface area contributed by atoms with Crippen LogP contribution in [0.1, 0.15) is 12.5 Å². The molecular weight excluding hydrogens is 293 g/mol. The number of ether oxygens (including phenoxy) is 1. The molecule has 0 saturated heterocycles. The van der Waals surface area contributed by atoms with Crippen molar-refractivity contribution >= 4 is 15.7 Å². The zero-order chi connectivity index (χ0) is 15.3. The van der Waals surface area contributed by atoms with Crippen LogP contribution in [-0.2, 0) is 15.8 Å². The third kappa shape index (κ3) is 4.46. The van der Waals surface area contributed by atoms with Crippen LogP contribution in [0.4, 0.5) is 10.1 Å². The summed E-state index contributed by atoms with van der Waals surface area (Å²) in [6, 6.07) is 12.8. The molecule has 0 radical (unpaired) electrons. The summed E-state index contributed by atoms with van der Waals surface area (Å²) in [5.41, 5.74) is 0.836. The molecule has 0 spiro atoms. The fourth-order valence-electron chi connectivity index (χ4n) is 1.85. The molecule has 0 aromatic heterocycles. The van der Waals surface area contributed by atoms with Gasteiger partial charge in [-0.1, -0.05) is 30.3 Å². The van der Waals surface area contributed by atoms with Gasteiger partial charge < -0.3 is 4.74 Å². The smallest absolute Gasteiger partial charge is 0.236 e. The number of halogens is 1. The molecule has 0 aliphatic carbocycles. The molecule has 6 heteroatoms. The van der Waals surface area contributed by atoms with Gasteiger partial charge in [0.15, 0.2) is 11.6 Å². The van der Waals surface area contributed by atoms with Gasteiger partial charge in [-0.25, -0.2) is 12.8 Å². The van der Waals surface area contributed by atoms with Crippen molar-refractivity contribution in [1.82, 2.24) is 0 Å². The summed E-state index contributed by atoms with van der Waals surface area (Å²) in [5.74, 6) is -0.664. The first-order valence-electron chi connectivity index (χ1n) is 6.47. The Hall–Kier alpha value is -2.08. The topological polar surface area (TPSA) is 55.4 Å². The van der Waals surface area contributed by atoms with Crippen molar-refractivity contribution in [2.45, 2.75) is 12.7 Å². The number of benzene rings is 2. The van der Waals surface area contributed by atoms with E-state index in [-0.39, 0.29) is 17.2 Å². The first-order valence-corrected chi connectivity index (χ1v) is 8.12. The summed E-state index contributed by atoms with van der Waals surface area (Å²) in [5, 5.41) is 0. The van der Waals surface area contributed by atoms with Crippen LogP contribution < -0.4 is 9.46 Å². The molecule has 2 rings (SSSR count). The standard InChI is InChI=1S/C15H16FNO3S/c1-2-20-15-9-8-13(10-14(15)16)17-21(18,19)11-12-6-4-3-5-7-12/h3-10,17H,2,11H2,1H3. The lowest BCUT2D eigenvalue weighted by Gasteiger charge is -2.10. The van der Waals surface area contributed by atoms with Gasteiger partial charge in [0.25, 0.3) is 0 Å². The average molecular weight is 309 g/mol. The lowest BCUT2D eigenvalue weighted by molar-refractivity contribution is 0.321. The highest BCUT2D eigenvalue weighted by Gasteiger charge is 2.13. The van der Waals surface area contributed by atoms with Gasteiger partial charge in [0.2, 0.25) is 10.0 Å². The molecule has 0 unspecified atom stereocenters. The van der Waals surface area contributed by atoms with Crippen molar-refractivity contribution in [2.24, 2.45) is 0 Å². The number of sulfonamides is 1. The number of hydrogen-bond acceptors (Lipinski definition) is 3. The van der Waals surface area contributed by atoms with E-state index in [9.17, 15) is 12.8 Å². The molecule has 112 valence electrons. The predicted molar refractivity (Wildman–Crippen MR) is 80.3 cm³/mol. The predicted octanol–water partition coefficient (Wildman–Crippen LogP) is 3.17. The molecule has 4 nitrogen and oxygen atoms in total. The zero-order valence-electron chi connectivity index (χ0n) is 11.5. The Morgan fingerprint density at radius 1 is 1.14 bits per heavy atom. The second-order valence-corrected chi connectivity index (χ2v) is 6.15. The van der Waals surface area contributed by atoms with E-state index in [1.807, 2.05) is 6.07 Å². The quantitative estimate of drug-likeness (QED) is 0.891. The Morgan fingerprint density at radius 3 is 2.48 bits per heavy atom. The molecule has 0 atom stereocenters. The van der Waals surface area contributed by atoms with Crippen LogP contribution in [0.15, 0.2) is 48.5 Å². The summed E-state index contributed by atoms with van der Waals surface area (Å²) >= 11 is 0. The number of nitrogens with one attached hydrogen (secondary N) is 1. The van der Waals surface area contributed by atoms with E-state index in [0.29, 0.717) is 12.2 Å². The minimum Gasteiger partial charge on any atom is -0.491 e. The van der Waals surface area contributed by atoms with E-state index in [4.69, 9.17) is 4.74 Å². The monoisotopic (exact) mass is 309 g/mol. The average Bonchev–Trinajstić information content (AvgIpc) is 2.42. The summed E-state index contributed by atoms with van der Waals surface area (Å²) in [6.45, 7) is 2.09. The molecule has 0 aliphatic heterocycles. The van der Waals surface area contributed by atoms with E-state index in [1.54, 1.807) is 31.2 Å². The van der Waals surface area contributed by atoms with E-state index in [1.165, 1.54) is 12.1 Å². The first kappa shape index (κ1) is 15.3. The van der Waals surface area contributed by atoms with Crippen molar-refractivity contribution < 1.29 is 17.5 Å². The number of rotatable bonds is 6. The number of hydrogen-bond donors (Lipinski definition) is 1. The fraction of sp³-hybridized carbons (Fsp3) is 0.200. The Bertz CT molecular complexity index is 702. The van der Waals surface area contributed by atoms with Crippen molar-refractivity contribution in [2.75, 3.05) is 11.3 Å². The van der Waals surface area contributed by atoms with Crippen molar-refractivity contribution in [3.05, 3.63) is 59.9 Å². The lowest BCUT2D eigenvalue weighted by atomic mass is 10.2. The maximum atomic E-state index is 13.7. The highest BCUT2D eigenvalue weighted by Crippen LogP contribution is 2.22. The van der Waals surface area contributed by atoms with Gasteiger partial charge in [-0.15, -0.1) is 0 Å². The van der Waals surface area contributed by atoms with Crippen molar-refractivity contribution in [3.63, 3.8) is 0 Å². The molecular formula is C15H16FNO3S. The summed E-state index contributed by atoms with van der Waals surface area (Å²) < 4.78 is 45.2. The van der Waals surface area contributed by atoms with E-state index in [0.717, 1.165) is 6.07 Å². The fourth-order valence-corrected chi connectivity index (χ4v) is 3.04. The normalized spacial score (nSPS) is 11.1. The molecule has 2 aromatic rings. The van der Waals surface area contributed by atoms with Crippen LogP contribution >= 0.6 is 0 Å². The second kappa shape index (κ2) is 6.58. The molecule has 1 N–H and O–H groups in total. The minimum atomic E-state index is -3.59. The summed E-state index contributed by atoms with van der Waals surface area (Å²) in [4.78, 5) is 0. The highest BCUT2D eigenvalue weighted by molar-refractivity contribution is 7.91. The zero-order valence-corrected chi connectivity index (χ0v) is 12.4. The highest BCUT2D eigenvalue weighted by atomic mass is 32.2. The van der Waals surface area contributed by atoms with Crippen LogP contribution in [0.2, 0.25) is 0 Å². The molecule has 0 fully saturated rings. The molecule has 0 aliphatic rings. The molecule has 0 amide bonds. The third-order valence-corrected chi connectivity index (χ3v) is 3.96. The van der Waals surface area contributed by atoms with Crippen LogP contribution in [0.5, 0.6) is 5.75 Å². The Kier molecular flexibility index (Phi) is 4.80. The van der Waals surface area contributed by atoms with Crippen LogP contribution in [0.3, 0.4) is 0 Å². The Balaban J connectivity index is 2.11. The maximum absolute atomic E-state index is 13.7. The van der Waals surface area contributed by atoms with E-state index < -0.39 is 15.8 Å². The van der Waals surface area contributed by atoms with Crippen LogP contribution in [0, 0.1) is 5.82 Å².